The molecule has 6 heteroatoms. The maximum absolute atomic E-state index is 12.5. The molecule has 2 rings (SSSR count). The number of hydrogen-bond donors (Lipinski definition) is 0. The molecule has 2 aromatic carbocycles. The minimum atomic E-state index is -2.97. The lowest BCUT2D eigenvalue weighted by Gasteiger charge is -2.12. The van der Waals surface area contributed by atoms with E-state index in [1.165, 1.54) is 25.3 Å². The van der Waals surface area contributed by atoms with Gasteiger partial charge in [-0.2, -0.15) is 8.78 Å². The van der Waals surface area contributed by atoms with E-state index in [1.54, 1.807) is 30.3 Å². The molecule has 0 spiro atoms. The lowest BCUT2D eigenvalue weighted by molar-refractivity contribution is -0.0505. The monoisotopic (exact) mass is 334 g/mol. The smallest absolute Gasteiger partial charge is 0.387 e. The predicted octanol–water partition coefficient (Wildman–Crippen LogP) is 3.54. The van der Waals surface area contributed by atoms with Crippen LogP contribution in [0.1, 0.15) is 26.3 Å². The van der Waals surface area contributed by atoms with Gasteiger partial charge >= 0.3 is 6.61 Å². The Morgan fingerprint density at radius 3 is 2.29 bits per heavy atom. The number of ketones is 2. The molecule has 4 nitrogen and oxygen atoms in total. The van der Waals surface area contributed by atoms with E-state index in [-0.39, 0.29) is 29.9 Å². The Hall–Kier alpha value is -2.60. The standard InChI is InChI=1S/C18H16F2O4/c1-23-10-9-13-11-14(7-8-15(13)24-18(19)20)17(22)16(21)12-5-3-2-4-6-12/h2-8,11,18H,9-10H2,1H3. The van der Waals surface area contributed by atoms with Gasteiger partial charge < -0.3 is 9.47 Å². The number of methoxy groups -OCH3 is 1. The highest BCUT2D eigenvalue weighted by Crippen LogP contribution is 2.24. The van der Waals surface area contributed by atoms with Crippen LogP contribution in [0.15, 0.2) is 48.5 Å². The van der Waals surface area contributed by atoms with Gasteiger partial charge in [0.15, 0.2) is 0 Å². The van der Waals surface area contributed by atoms with Gasteiger partial charge in [0.25, 0.3) is 0 Å². The van der Waals surface area contributed by atoms with Crippen LogP contribution in [0.5, 0.6) is 5.75 Å². The molecule has 24 heavy (non-hydrogen) atoms. The van der Waals surface area contributed by atoms with Crippen LogP contribution in [0.4, 0.5) is 8.78 Å². The zero-order chi connectivity index (χ0) is 17.5. The molecule has 0 bridgehead atoms. The number of carbonyl (C=O) groups is 2. The van der Waals surface area contributed by atoms with E-state index in [4.69, 9.17) is 4.74 Å². The SMILES string of the molecule is COCCc1cc(C(=O)C(=O)c2ccccc2)ccc1OC(F)F. The fraction of sp³-hybridized carbons (Fsp3) is 0.222. The quantitative estimate of drug-likeness (QED) is 0.547. The molecule has 0 fully saturated rings. The molecule has 0 radical (unpaired) electrons. The van der Waals surface area contributed by atoms with Crippen molar-refractivity contribution in [3.8, 4) is 5.75 Å². The minimum Gasteiger partial charge on any atom is -0.435 e. The van der Waals surface area contributed by atoms with Gasteiger partial charge in [-0.05, 0) is 30.2 Å². The van der Waals surface area contributed by atoms with Crippen molar-refractivity contribution >= 4 is 11.6 Å². The maximum atomic E-state index is 12.5. The van der Waals surface area contributed by atoms with Crippen molar-refractivity contribution in [3.63, 3.8) is 0 Å². The van der Waals surface area contributed by atoms with Crippen molar-refractivity contribution in [2.24, 2.45) is 0 Å². The van der Waals surface area contributed by atoms with Gasteiger partial charge in [-0.25, -0.2) is 0 Å². The van der Waals surface area contributed by atoms with E-state index in [0.29, 0.717) is 5.56 Å². The van der Waals surface area contributed by atoms with Crippen LogP contribution < -0.4 is 4.74 Å². The van der Waals surface area contributed by atoms with Gasteiger partial charge in [0.1, 0.15) is 5.75 Å². The van der Waals surface area contributed by atoms with Crippen LogP contribution in [0, 0.1) is 0 Å². The lowest BCUT2D eigenvalue weighted by Crippen LogP contribution is -2.15. The molecule has 126 valence electrons. The third-order valence-corrected chi connectivity index (χ3v) is 3.36. The van der Waals surface area contributed by atoms with E-state index in [1.807, 2.05) is 0 Å². The number of rotatable bonds is 8. The molecule has 0 aliphatic rings. The molecule has 0 heterocycles. The first-order chi connectivity index (χ1) is 11.5. The molecule has 0 aromatic heterocycles. The van der Waals surface area contributed by atoms with Crippen molar-refractivity contribution in [2.45, 2.75) is 13.0 Å². The van der Waals surface area contributed by atoms with Crippen LogP contribution in [0.2, 0.25) is 0 Å². The Labute approximate surface area is 138 Å². The summed E-state index contributed by atoms with van der Waals surface area (Å²) in [6, 6.07) is 12.1. The number of hydrogen-bond acceptors (Lipinski definition) is 4. The third-order valence-electron chi connectivity index (χ3n) is 3.36. The van der Waals surface area contributed by atoms with Crippen LogP contribution in [-0.2, 0) is 11.2 Å². The number of Topliss-reactive ketones (excluding diaryl/α,β-unsaturated/α-hetero) is 2. The molecule has 0 saturated heterocycles. The van der Waals surface area contributed by atoms with Gasteiger partial charge in [0, 0.05) is 18.2 Å². The number of benzene rings is 2. The second-order valence-electron chi connectivity index (χ2n) is 4.97. The summed E-state index contributed by atoms with van der Waals surface area (Å²) < 4.78 is 34.3. The molecule has 0 N–H and O–H groups in total. The minimum absolute atomic E-state index is 0.0363. The van der Waals surface area contributed by atoms with E-state index in [9.17, 15) is 18.4 Å². The van der Waals surface area contributed by atoms with Gasteiger partial charge in [0.2, 0.25) is 11.6 Å². The molecule has 2 aromatic rings. The predicted molar refractivity (Wildman–Crippen MR) is 83.8 cm³/mol. The van der Waals surface area contributed by atoms with Crippen LogP contribution >= 0.6 is 0 Å². The van der Waals surface area contributed by atoms with E-state index >= 15 is 0 Å². The first-order valence-corrected chi connectivity index (χ1v) is 7.23. The van der Waals surface area contributed by atoms with Gasteiger partial charge in [-0.3, -0.25) is 9.59 Å². The van der Waals surface area contributed by atoms with Crippen LogP contribution in [0.3, 0.4) is 0 Å². The molecule has 0 aliphatic carbocycles. The Morgan fingerprint density at radius 1 is 1.00 bits per heavy atom. The summed E-state index contributed by atoms with van der Waals surface area (Å²) in [4.78, 5) is 24.5. The summed E-state index contributed by atoms with van der Waals surface area (Å²) in [5.74, 6) is -1.40. The summed E-state index contributed by atoms with van der Waals surface area (Å²) >= 11 is 0. The zero-order valence-electron chi connectivity index (χ0n) is 13.0. The largest absolute Gasteiger partial charge is 0.435 e. The summed E-state index contributed by atoms with van der Waals surface area (Å²) in [5, 5.41) is 0. The maximum Gasteiger partial charge on any atom is 0.387 e. The Kier molecular flexibility index (Phi) is 6.14. The lowest BCUT2D eigenvalue weighted by atomic mass is 9.99. The van der Waals surface area contributed by atoms with Crippen molar-refractivity contribution in [2.75, 3.05) is 13.7 Å². The number of alkyl halides is 2. The molecular weight excluding hydrogens is 318 g/mol. The highest BCUT2D eigenvalue weighted by Gasteiger charge is 2.20. The van der Waals surface area contributed by atoms with Crippen molar-refractivity contribution < 1.29 is 27.8 Å². The molecule has 0 aliphatic heterocycles. The average molecular weight is 334 g/mol. The summed E-state index contributed by atoms with van der Waals surface area (Å²) in [5.41, 5.74) is 0.772. The third kappa shape index (κ3) is 4.45. The summed E-state index contributed by atoms with van der Waals surface area (Å²) in [7, 11) is 1.47. The molecular formula is C18H16F2O4. The van der Waals surface area contributed by atoms with E-state index in [2.05, 4.69) is 4.74 Å². The first kappa shape index (κ1) is 17.7. The first-order valence-electron chi connectivity index (χ1n) is 7.23. The van der Waals surface area contributed by atoms with Crippen LogP contribution in [0.25, 0.3) is 0 Å². The number of halogens is 2. The Morgan fingerprint density at radius 2 is 1.67 bits per heavy atom. The van der Waals surface area contributed by atoms with Gasteiger partial charge in [0.05, 0.1) is 6.61 Å². The number of ether oxygens (including phenoxy) is 2. The Balaban J connectivity index is 2.29. The van der Waals surface area contributed by atoms with E-state index < -0.39 is 18.2 Å². The zero-order valence-corrected chi connectivity index (χ0v) is 13.0. The molecule has 0 saturated carbocycles. The van der Waals surface area contributed by atoms with Gasteiger partial charge in [-0.15, -0.1) is 0 Å². The highest BCUT2D eigenvalue weighted by molar-refractivity contribution is 6.49. The highest BCUT2D eigenvalue weighted by atomic mass is 19.3. The van der Waals surface area contributed by atoms with Crippen molar-refractivity contribution in [1.29, 1.82) is 0 Å². The molecule has 0 amide bonds. The molecule has 0 unspecified atom stereocenters. The molecule has 0 atom stereocenters. The van der Waals surface area contributed by atoms with E-state index in [0.717, 1.165) is 0 Å². The van der Waals surface area contributed by atoms with Crippen molar-refractivity contribution in [1.82, 2.24) is 0 Å². The summed E-state index contributed by atoms with van der Waals surface area (Å²) in [6.45, 7) is -2.71. The van der Waals surface area contributed by atoms with Crippen molar-refractivity contribution in [3.05, 3.63) is 65.2 Å². The number of carbonyl (C=O) groups excluding carboxylic acids is 2. The summed E-state index contributed by atoms with van der Waals surface area (Å²) in [6.07, 6.45) is 0.277. The normalized spacial score (nSPS) is 10.7. The Bertz CT molecular complexity index is 714. The second kappa shape index (κ2) is 8.31. The van der Waals surface area contributed by atoms with Crippen LogP contribution in [-0.4, -0.2) is 31.9 Å². The topological polar surface area (TPSA) is 52.6 Å². The fourth-order valence-corrected chi connectivity index (χ4v) is 2.19. The fourth-order valence-electron chi connectivity index (χ4n) is 2.19. The van der Waals surface area contributed by atoms with Gasteiger partial charge in [-0.1, -0.05) is 30.3 Å². The second-order valence-corrected chi connectivity index (χ2v) is 4.97. The average Bonchev–Trinajstić information content (AvgIpc) is 2.60.